The molecule has 0 fully saturated rings. The number of pyridine rings is 1. The summed E-state index contributed by atoms with van der Waals surface area (Å²) in [7, 11) is 0. The van der Waals surface area contributed by atoms with Gasteiger partial charge in [0.25, 0.3) is 0 Å². The molecule has 3 heteroatoms. The van der Waals surface area contributed by atoms with E-state index in [9.17, 15) is 4.79 Å². The number of hydrogen-bond acceptors (Lipinski definition) is 3. The van der Waals surface area contributed by atoms with Crippen LogP contribution in [0.15, 0.2) is 46.9 Å². The molecule has 88 valence electrons. The van der Waals surface area contributed by atoms with Crippen LogP contribution in [0, 0.1) is 6.92 Å². The van der Waals surface area contributed by atoms with Crippen molar-refractivity contribution in [1.29, 1.82) is 0 Å². The largest absolute Gasteiger partial charge is 0.453 e. The van der Waals surface area contributed by atoms with Crippen LogP contribution < -0.4 is 0 Å². The van der Waals surface area contributed by atoms with Crippen molar-refractivity contribution >= 4 is 17.2 Å². The highest BCUT2D eigenvalue weighted by atomic mass is 16.3. The number of furan rings is 1. The molecule has 1 aromatic carbocycles. The van der Waals surface area contributed by atoms with Crippen LogP contribution in [0.3, 0.4) is 0 Å². The van der Waals surface area contributed by atoms with Crippen LogP contribution in [0.5, 0.6) is 0 Å². The first kappa shape index (κ1) is 10.7. The molecule has 0 spiro atoms. The zero-order chi connectivity index (χ0) is 12.5. The number of aryl methyl sites for hydroxylation is 1. The number of carbonyl (C=O) groups is 1. The molecule has 3 aromatic rings. The van der Waals surface area contributed by atoms with E-state index < -0.39 is 0 Å². The molecule has 0 saturated heterocycles. The minimum Gasteiger partial charge on any atom is -0.453 e. The Morgan fingerprint density at radius 3 is 2.78 bits per heavy atom. The normalized spacial score (nSPS) is 10.7. The Morgan fingerprint density at radius 2 is 2.00 bits per heavy atom. The Labute approximate surface area is 104 Å². The summed E-state index contributed by atoms with van der Waals surface area (Å²) < 4.78 is 5.40. The van der Waals surface area contributed by atoms with Gasteiger partial charge >= 0.3 is 0 Å². The van der Waals surface area contributed by atoms with Gasteiger partial charge in [-0.1, -0.05) is 6.07 Å². The molecule has 0 unspecified atom stereocenters. The molecule has 2 aromatic heterocycles. The fourth-order valence-corrected chi connectivity index (χ4v) is 1.95. The molecule has 3 rings (SSSR count). The van der Waals surface area contributed by atoms with Crippen molar-refractivity contribution in [3.8, 4) is 11.3 Å². The zero-order valence-corrected chi connectivity index (χ0v) is 9.88. The van der Waals surface area contributed by atoms with Crippen molar-refractivity contribution in [2.24, 2.45) is 0 Å². The number of benzene rings is 1. The van der Waals surface area contributed by atoms with Crippen LogP contribution in [0.1, 0.15) is 16.2 Å². The summed E-state index contributed by atoms with van der Waals surface area (Å²) in [5.41, 5.74) is 2.90. The second-order valence-corrected chi connectivity index (χ2v) is 4.18. The fourth-order valence-electron chi connectivity index (χ4n) is 1.95. The van der Waals surface area contributed by atoms with Gasteiger partial charge in [-0.05, 0) is 43.3 Å². The fraction of sp³-hybridized carbons (Fsp3) is 0.0667. The quantitative estimate of drug-likeness (QED) is 0.639. The maximum atomic E-state index is 10.6. The number of nitrogens with zero attached hydrogens (tertiary/aromatic N) is 1. The molecule has 0 saturated carbocycles. The first-order chi connectivity index (χ1) is 8.76. The van der Waals surface area contributed by atoms with Gasteiger partial charge in [0.15, 0.2) is 12.0 Å². The summed E-state index contributed by atoms with van der Waals surface area (Å²) in [6, 6.07) is 13.4. The standard InChI is InChI=1S/C15H11NO2/c1-10-2-3-11-8-12(4-6-14(11)16-10)15-7-5-13(9-17)18-15/h2-9H,1H3. The van der Waals surface area contributed by atoms with Gasteiger partial charge in [0.1, 0.15) is 5.76 Å². The molecule has 0 aliphatic rings. The minimum atomic E-state index is 0.340. The van der Waals surface area contributed by atoms with Crippen LogP contribution in [0.4, 0.5) is 0 Å². The Morgan fingerprint density at radius 1 is 1.11 bits per heavy atom. The maximum Gasteiger partial charge on any atom is 0.185 e. The third-order valence-corrected chi connectivity index (χ3v) is 2.86. The Hall–Kier alpha value is -2.42. The van der Waals surface area contributed by atoms with Crippen LogP contribution in [-0.4, -0.2) is 11.3 Å². The lowest BCUT2D eigenvalue weighted by Crippen LogP contribution is -1.83. The number of aldehydes is 1. The lowest BCUT2D eigenvalue weighted by Gasteiger charge is -2.01. The van der Waals surface area contributed by atoms with Crippen LogP contribution in [0.2, 0.25) is 0 Å². The number of hydrogen-bond donors (Lipinski definition) is 0. The van der Waals surface area contributed by atoms with Crippen molar-refractivity contribution in [1.82, 2.24) is 4.98 Å². The van der Waals surface area contributed by atoms with Gasteiger partial charge < -0.3 is 4.42 Å². The SMILES string of the molecule is Cc1ccc2cc(-c3ccc(C=O)o3)ccc2n1. The van der Waals surface area contributed by atoms with E-state index in [2.05, 4.69) is 4.98 Å². The lowest BCUT2D eigenvalue weighted by molar-refractivity contribution is 0.110. The van der Waals surface area contributed by atoms with E-state index >= 15 is 0 Å². The summed E-state index contributed by atoms with van der Waals surface area (Å²) in [5, 5.41) is 1.06. The topological polar surface area (TPSA) is 43.1 Å². The highest BCUT2D eigenvalue weighted by Crippen LogP contribution is 2.25. The van der Waals surface area contributed by atoms with Crippen LogP contribution in [-0.2, 0) is 0 Å². The van der Waals surface area contributed by atoms with Gasteiger partial charge in [0.05, 0.1) is 5.52 Å². The average molecular weight is 237 g/mol. The minimum absolute atomic E-state index is 0.340. The molecule has 0 aliphatic heterocycles. The lowest BCUT2D eigenvalue weighted by atomic mass is 10.1. The number of rotatable bonds is 2. The van der Waals surface area contributed by atoms with E-state index in [-0.39, 0.29) is 0 Å². The summed E-state index contributed by atoms with van der Waals surface area (Å²) >= 11 is 0. The van der Waals surface area contributed by atoms with Crippen molar-refractivity contribution < 1.29 is 9.21 Å². The van der Waals surface area contributed by atoms with E-state index in [0.717, 1.165) is 22.2 Å². The van der Waals surface area contributed by atoms with E-state index in [1.54, 1.807) is 12.1 Å². The second-order valence-electron chi connectivity index (χ2n) is 4.18. The molecule has 0 bridgehead atoms. The van der Waals surface area contributed by atoms with Crippen LogP contribution in [0.25, 0.3) is 22.2 Å². The Bertz CT molecular complexity index is 728. The summed E-state index contributed by atoms with van der Waals surface area (Å²) in [4.78, 5) is 15.0. The predicted molar refractivity (Wildman–Crippen MR) is 69.6 cm³/mol. The summed E-state index contributed by atoms with van der Waals surface area (Å²) in [5.74, 6) is 1.03. The number of fused-ring (bicyclic) bond motifs is 1. The molecule has 0 aliphatic carbocycles. The third kappa shape index (κ3) is 1.80. The number of carbonyl (C=O) groups excluding carboxylic acids is 1. The van der Waals surface area contributed by atoms with E-state index in [0.29, 0.717) is 17.8 Å². The smallest absolute Gasteiger partial charge is 0.185 e. The predicted octanol–water partition coefficient (Wildman–Crippen LogP) is 3.62. The Kier molecular flexibility index (Phi) is 2.45. The highest BCUT2D eigenvalue weighted by Gasteiger charge is 2.05. The number of aromatic nitrogens is 1. The maximum absolute atomic E-state index is 10.6. The molecule has 0 atom stereocenters. The van der Waals surface area contributed by atoms with E-state index in [1.165, 1.54) is 0 Å². The monoisotopic (exact) mass is 237 g/mol. The molecular weight excluding hydrogens is 226 g/mol. The second kappa shape index (κ2) is 4.11. The third-order valence-electron chi connectivity index (χ3n) is 2.86. The van der Waals surface area contributed by atoms with Crippen LogP contribution >= 0.6 is 0 Å². The highest BCUT2D eigenvalue weighted by molar-refractivity contribution is 5.84. The average Bonchev–Trinajstić information content (AvgIpc) is 2.87. The first-order valence-electron chi connectivity index (χ1n) is 5.69. The summed E-state index contributed by atoms with van der Waals surface area (Å²) in [6.45, 7) is 1.97. The molecule has 0 radical (unpaired) electrons. The zero-order valence-electron chi connectivity index (χ0n) is 9.88. The molecule has 3 nitrogen and oxygen atoms in total. The molecule has 0 N–H and O–H groups in total. The molecular formula is C15H11NO2. The van der Waals surface area contributed by atoms with Gasteiger partial charge in [-0.2, -0.15) is 0 Å². The van der Waals surface area contributed by atoms with Gasteiger partial charge in [-0.25, -0.2) is 0 Å². The van der Waals surface area contributed by atoms with Crippen molar-refractivity contribution in [3.05, 3.63) is 53.9 Å². The van der Waals surface area contributed by atoms with Gasteiger partial charge in [0, 0.05) is 16.6 Å². The summed E-state index contributed by atoms with van der Waals surface area (Å²) in [6.07, 6.45) is 0.704. The first-order valence-corrected chi connectivity index (χ1v) is 5.69. The van der Waals surface area contributed by atoms with Crippen molar-refractivity contribution in [2.45, 2.75) is 6.92 Å². The molecule has 2 heterocycles. The van der Waals surface area contributed by atoms with E-state index in [4.69, 9.17) is 4.42 Å². The van der Waals surface area contributed by atoms with Crippen molar-refractivity contribution in [3.63, 3.8) is 0 Å². The van der Waals surface area contributed by atoms with Gasteiger partial charge in [-0.15, -0.1) is 0 Å². The van der Waals surface area contributed by atoms with Crippen molar-refractivity contribution in [2.75, 3.05) is 0 Å². The van der Waals surface area contributed by atoms with Gasteiger partial charge in [-0.3, -0.25) is 9.78 Å². The molecule has 0 amide bonds. The van der Waals surface area contributed by atoms with Gasteiger partial charge in [0.2, 0.25) is 0 Å². The van der Waals surface area contributed by atoms with E-state index in [1.807, 2.05) is 37.3 Å². The Balaban J connectivity index is 2.12. The molecule has 18 heavy (non-hydrogen) atoms.